The monoisotopic (exact) mass is 281 g/mol. The molecule has 3 heteroatoms. The number of hydrogen-bond acceptors (Lipinski definition) is 3. The molecule has 2 heterocycles. The van der Waals surface area contributed by atoms with Gasteiger partial charge in [0.25, 0.3) is 0 Å². The number of nitrogens with one attached hydrogen (secondary N) is 1. The summed E-state index contributed by atoms with van der Waals surface area (Å²) < 4.78 is 0. The molecule has 3 nitrogen and oxygen atoms in total. The van der Waals surface area contributed by atoms with Crippen molar-refractivity contribution in [1.29, 1.82) is 0 Å². The average Bonchev–Trinajstić information content (AvgIpc) is 2.31. The Hall–Kier alpha value is -0.120. The first-order valence-electron chi connectivity index (χ1n) is 8.44. The zero-order chi connectivity index (χ0) is 14.8. The summed E-state index contributed by atoms with van der Waals surface area (Å²) in [7, 11) is 0. The van der Waals surface area contributed by atoms with Crippen LogP contribution in [-0.2, 0) is 0 Å². The van der Waals surface area contributed by atoms with Crippen molar-refractivity contribution in [2.45, 2.75) is 53.0 Å². The molecule has 0 aliphatic carbocycles. The summed E-state index contributed by atoms with van der Waals surface area (Å²) in [5.74, 6) is 0.907. The molecule has 0 aromatic heterocycles. The molecule has 2 saturated heterocycles. The van der Waals surface area contributed by atoms with E-state index in [0.717, 1.165) is 5.92 Å². The maximum absolute atomic E-state index is 3.48. The number of nitrogens with zero attached hydrogens (tertiary/aromatic N) is 2. The Morgan fingerprint density at radius 2 is 1.75 bits per heavy atom. The average molecular weight is 281 g/mol. The Morgan fingerprint density at radius 3 is 2.30 bits per heavy atom. The van der Waals surface area contributed by atoms with Crippen molar-refractivity contribution < 1.29 is 0 Å². The van der Waals surface area contributed by atoms with Crippen LogP contribution in [0, 0.1) is 11.3 Å². The van der Waals surface area contributed by atoms with Crippen LogP contribution in [-0.4, -0.2) is 61.2 Å². The van der Waals surface area contributed by atoms with E-state index >= 15 is 0 Å². The van der Waals surface area contributed by atoms with E-state index in [-0.39, 0.29) is 0 Å². The molecule has 0 bridgehead atoms. The van der Waals surface area contributed by atoms with Crippen molar-refractivity contribution in [2.24, 2.45) is 11.3 Å². The van der Waals surface area contributed by atoms with E-state index in [9.17, 15) is 0 Å². The molecule has 20 heavy (non-hydrogen) atoms. The first-order chi connectivity index (χ1) is 9.26. The molecule has 0 spiro atoms. The standard InChI is InChI=1S/C17H35N3/c1-16(2,3)13-19-10-11-20(17(4,5)14-19)12-15-6-8-18-9-7-15/h15,18H,6-14H2,1-5H3. The fraction of sp³-hybridized carbons (Fsp3) is 1.00. The predicted octanol–water partition coefficient (Wildman–Crippen LogP) is 2.43. The number of hydrogen-bond donors (Lipinski definition) is 1. The van der Waals surface area contributed by atoms with Gasteiger partial charge in [0.2, 0.25) is 0 Å². The van der Waals surface area contributed by atoms with Gasteiger partial charge in [-0.05, 0) is 51.1 Å². The second-order valence-electron chi connectivity index (χ2n) is 8.72. The molecule has 1 N–H and O–H groups in total. The quantitative estimate of drug-likeness (QED) is 0.857. The van der Waals surface area contributed by atoms with Crippen LogP contribution >= 0.6 is 0 Å². The summed E-state index contributed by atoms with van der Waals surface area (Å²) in [5.41, 5.74) is 0.738. The lowest BCUT2D eigenvalue weighted by Gasteiger charge is -2.49. The minimum absolute atomic E-state index is 0.328. The Bertz CT molecular complexity index is 300. The summed E-state index contributed by atoms with van der Waals surface area (Å²) in [4.78, 5) is 5.42. The van der Waals surface area contributed by atoms with Crippen molar-refractivity contribution in [1.82, 2.24) is 15.1 Å². The first-order valence-corrected chi connectivity index (χ1v) is 8.44. The van der Waals surface area contributed by atoms with E-state index in [1.54, 1.807) is 0 Å². The highest BCUT2D eigenvalue weighted by Gasteiger charge is 2.35. The Morgan fingerprint density at radius 1 is 1.10 bits per heavy atom. The van der Waals surface area contributed by atoms with Gasteiger partial charge in [-0.1, -0.05) is 20.8 Å². The van der Waals surface area contributed by atoms with Gasteiger partial charge in [-0.2, -0.15) is 0 Å². The molecule has 2 rings (SSSR count). The second kappa shape index (κ2) is 6.33. The van der Waals surface area contributed by atoms with Crippen molar-refractivity contribution >= 4 is 0 Å². The summed E-state index contributed by atoms with van der Waals surface area (Å²) in [5, 5.41) is 3.48. The van der Waals surface area contributed by atoms with E-state index in [1.807, 2.05) is 0 Å². The minimum atomic E-state index is 0.328. The van der Waals surface area contributed by atoms with Crippen LogP contribution in [0.3, 0.4) is 0 Å². The molecule has 118 valence electrons. The lowest BCUT2D eigenvalue weighted by atomic mass is 9.90. The summed E-state index contributed by atoms with van der Waals surface area (Å²) in [6.07, 6.45) is 2.72. The lowest BCUT2D eigenvalue weighted by Crippen LogP contribution is -2.61. The smallest absolute Gasteiger partial charge is 0.0280 e. The van der Waals surface area contributed by atoms with Gasteiger partial charge < -0.3 is 5.32 Å². The largest absolute Gasteiger partial charge is 0.317 e. The highest BCUT2D eigenvalue weighted by Crippen LogP contribution is 2.26. The summed E-state index contributed by atoms with van der Waals surface area (Å²) >= 11 is 0. The molecule has 0 aromatic rings. The van der Waals surface area contributed by atoms with Crippen LogP contribution in [0.1, 0.15) is 47.5 Å². The Balaban J connectivity index is 1.87. The Labute approximate surface area is 126 Å². The van der Waals surface area contributed by atoms with Crippen LogP contribution in [0.25, 0.3) is 0 Å². The van der Waals surface area contributed by atoms with Crippen LogP contribution in [0.15, 0.2) is 0 Å². The highest BCUT2D eigenvalue weighted by atomic mass is 15.3. The van der Waals surface area contributed by atoms with Crippen molar-refractivity contribution in [3.8, 4) is 0 Å². The van der Waals surface area contributed by atoms with Gasteiger partial charge in [-0.15, -0.1) is 0 Å². The molecule has 2 aliphatic rings. The van der Waals surface area contributed by atoms with Gasteiger partial charge in [-0.3, -0.25) is 9.80 Å². The van der Waals surface area contributed by atoms with Crippen LogP contribution < -0.4 is 5.32 Å². The van der Waals surface area contributed by atoms with Gasteiger partial charge >= 0.3 is 0 Å². The maximum atomic E-state index is 3.48. The first kappa shape index (κ1) is 16.3. The van der Waals surface area contributed by atoms with Crippen molar-refractivity contribution in [3.63, 3.8) is 0 Å². The topological polar surface area (TPSA) is 18.5 Å². The fourth-order valence-corrected chi connectivity index (χ4v) is 3.81. The van der Waals surface area contributed by atoms with E-state index in [1.165, 1.54) is 58.7 Å². The maximum Gasteiger partial charge on any atom is 0.0280 e. The molecule has 0 saturated carbocycles. The molecule has 0 unspecified atom stereocenters. The van der Waals surface area contributed by atoms with Crippen molar-refractivity contribution in [3.05, 3.63) is 0 Å². The van der Waals surface area contributed by atoms with Gasteiger partial charge in [0.05, 0.1) is 0 Å². The summed E-state index contributed by atoms with van der Waals surface area (Å²) in [6.45, 7) is 20.6. The van der Waals surface area contributed by atoms with Gasteiger partial charge in [0.15, 0.2) is 0 Å². The fourth-order valence-electron chi connectivity index (χ4n) is 3.81. The molecular formula is C17H35N3. The number of piperazine rings is 1. The lowest BCUT2D eigenvalue weighted by molar-refractivity contribution is -0.00485. The van der Waals surface area contributed by atoms with Crippen LogP contribution in [0.5, 0.6) is 0 Å². The second-order valence-corrected chi connectivity index (χ2v) is 8.72. The predicted molar refractivity (Wildman–Crippen MR) is 87.1 cm³/mol. The van der Waals surface area contributed by atoms with Gasteiger partial charge in [0.1, 0.15) is 0 Å². The SMILES string of the molecule is CC(C)(C)CN1CCN(CC2CCNCC2)C(C)(C)C1. The number of rotatable bonds is 3. The Kier molecular flexibility index (Phi) is 5.14. The van der Waals surface area contributed by atoms with Crippen molar-refractivity contribution in [2.75, 3.05) is 45.8 Å². The van der Waals surface area contributed by atoms with E-state index < -0.39 is 0 Å². The third kappa shape index (κ3) is 4.71. The zero-order valence-electron chi connectivity index (χ0n) is 14.3. The molecule has 0 radical (unpaired) electrons. The van der Waals surface area contributed by atoms with E-state index in [4.69, 9.17) is 0 Å². The van der Waals surface area contributed by atoms with Gasteiger partial charge in [-0.25, -0.2) is 0 Å². The zero-order valence-corrected chi connectivity index (χ0v) is 14.3. The summed E-state index contributed by atoms with van der Waals surface area (Å²) in [6, 6.07) is 0. The molecule has 2 aliphatic heterocycles. The van der Waals surface area contributed by atoms with E-state index in [0.29, 0.717) is 11.0 Å². The third-order valence-corrected chi connectivity index (χ3v) is 4.79. The molecule has 0 atom stereocenters. The number of piperidine rings is 1. The molecule has 0 amide bonds. The highest BCUT2D eigenvalue weighted by molar-refractivity contribution is 4.92. The normalized spacial score (nSPS) is 26.9. The molecule has 0 aromatic carbocycles. The third-order valence-electron chi connectivity index (χ3n) is 4.79. The minimum Gasteiger partial charge on any atom is -0.317 e. The van der Waals surface area contributed by atoms with Crippen LogP contribution in [0.2, 0.25) is 0 Å². The van der Waals surface area contributed by atoms with Crippen LogP contribution in [0.4, 0.5) is 0 Å². The van der Waals surface area contributed by atoms with E-state index in [2.05, 4.69) is 49.7 Å². The molecular weight excluding hydrogens is 246 g/mol. The molecule has 2 fully saturated rings. The van der Waals surface area contributed by atoms with Gasteiger partial charge in [0, 0.05) is 38.3 Å².